The number of ketones is 1. The minimum Gasteiger partial charge on any atom is -0.481 e. The van der Waals surface area contributed by atoms with E-state index in [1.165, 1.54) is 5.56 Å². The zero-order valence-corrected chi connectivity index (χ0v) is 14.3. The van der Waals surface area contributed by atoms with Crippen LogP contribution in [0.15, 0.2) is 24.3 Å². The molecule has 0 radical (unpaired) electrons. The minimum atomic E-state index is -0.718. The summed E-state index contributed by atoms with van der Waals surface area (Å²) in [5.41, 5.74) is 2.00. The number of aliphatic carboxylic acids is 1. The van der Waals surface area contributed by atoms with Crippen LogP contribution in [0.3, 0.4) is 0 Å². The number of likely N-dealkylation sites (tertiary alicyclic amines) is 1. The summed E-state index contributed by atoms with van der Waals surface area (Å²) in [4.78, 5) is 25.8. The highest BCUT2D eigenvalue weighted by Gasteiger charge is 2.29. The van der Waals surface area contributed by atoms with Crippen molar-refractivity contribution in [1.29, 1.82) is 0 Å². The van der Waals surface area contributed by atoms with E-state index in [1.807, 2.05) is 31.2 Å². The number of carboxylic acids is 1. The van der Waals surface area contributed by atoms with E-state index in [1.54, 1.807) is 0 Å². The van der Waals surface area contributed by atoms with Gasteiger partial charge in [-0.3, -0.25) is 14.5 Å². The first-order valence-electron chi connectivity index (χ1n) is 8.55. The topological polar surface area (TPSA) is 57.6 Å². The molecule has 1 aromatic rings. The third-order valence-electron chi connectivity index (χ3n) is 5.18. The van der Waals surface area contributed by atoms with E-state index in [-0.39, 0.29) is 17.7 Å². The van der Waals surface area contributed by atoms with Gasteiger partial charge >= 0.3 is 5.97 Å². The van der Waals surface area contributed by atoms with Crippen LogP contribution in [0.1, 0.15) is 61.9 Å². The number of piperidine rings is 1. The Morgan fingerprint density at radius 3 is 2.22 bits per heavy atom. The maximum Gasteiger partial charge on any atom is 0.306 e. The van der Waals surface area contributed by atoms with E-state index < -0.39 is 5.97 Å². The van der Waals surface area contributed by atoms with E-state index in [0.717, 1.165) is 12.0 Å². The first kappa shape index (κ1) is 17.7. The Kier molecular flexibility index (Phi) is 5.94. The molecule has 4 nitrogen and oxygen atoms in total. The Balaban J connectivity index is 1.98. The maximum atomic E-state index is 12.7. The lowest BCUT2D eigenvalue weighted by Crippen LogP contribution is -2.45. The number of benzene rings is 1. The molecular weight excluding hydrogens is 290 g/mol. The summed E-state index contributed by atoms with van der Waals surface area (Å²) < 4.78 is 0. The molecule has 1 fully saturated rings. The Labute approximate surface area is 138 Å². The van der Waals surface area contributed by atoms with Gasteiger partial charge in [0, 0.05) is 5.56 Å². The second-order valence-corrected chi connectivity index (χ2v) is 6.62. The number of carboxylic acid groups (broad SMARTS) is 1. The fourth-order valence-corrected chi connectivity index (χ4v) is 3.15. The van der Waals surface area contributed by atoms with Crippen molar-refractivity contribution in [3.63, 3.8) is 0 Å². The molecule has 4 heteroatoms. The van der Waals surface area contributed by atoms with Crippen molar-refractivity contribution >= 4 is 11.8 Å². The molecule has 2 atom stereocenters. The van der Waals surface area contributed by atoms with Gasteiger partial charge in [0.15, 0.2) is 5.78 Å². The largest absolute Gasteiger partial charge is 0.481 e. The molecule has 1 aliphatic heterocycles. The van der Waals surface area contributed by atoms with Gasteiger partial charge in [-0.15, -0.1) is 0 Å². The first-order valence-corrected chi connectivity index (χ1v) is 8.55. The second kappa shape index (κ2) is 7.73. The molecule has 1 N–H and O–H groups in total. The lowest BCUT2D eigenvalue weighted by Gasteiger charge is -2.34. The quantitative estimate of drug-likeness (QED) is 0.815. The van der Waals surface area contributed by atoms with Crippen LogP contribution < -0.4 is 0 Å². The van der Waals surface area contributed by atoms with E-state index in [2.05, 4.69) is 18.7 Å². The molecule has 1 aliphatic rings. The van der Waals surface area contributed by atoms with Crippen molar-refractivity contribution in [3.8, 4) is 0 Å². The van der Waals surface area contributed by atoms with Gasteiger partial charge in [-0.25, -0.2) is 0 Å². The number of hydrogen-bond donors (Lipinski definition) is 1. The number of Topliss-reactive ketones (excluding diaryl/α,β-unsaturated/α-hetero) is 1. The summed E-state index contributed by atoms with van der Waals surface area (Å²) in [6.45, 7) is 7.62. The van der Waals surface area contributed by atoms with Crippen molar-refractivity contribution in [3.05, 3.63) is 35.4 Å². The molecule has 0 spiro atoms. The lowest BCUT2D eigenvalue weighted by atomic mass is 9.93. The molecule has 0 bridgehead atoms. The van der Waals surface area contributed by atoms with Crippen molar-refractivity contribution in [1.82, 2.24) is 4.90 Å². The normalized spacial score (nSPS) is 19.3. The van der Waals surface area contributed by atoms with E-state index >= 15 is 0 Å². The molecule has 2 rings (SSSR count). The van der Waals surface area contributed by atoms with Gasteiger partial charge in [0.1, 0.15) is 0 Å². The number of carbonyl (C=O) groups excluding carboxylic acids is 1. The molecule has 0 aromatic heterocycles. The fraction of sp³-hybridized carbons (Fsp3) is 0.579. The van der Waals surface area contributed by atoms with Gasteiger partial charge in [-0.05, 0) is 50.8 Å². The predicted molar refractivity (Wildman–Crippen MR) is 90.9 cm³/mol. The maximum absolute atomic E-state index is 12.7. The molecule has 0 saturated carbocycles. The van der Waals surface area contributed by atoms with Gasteiger partial charge in [-0.1, -0.05) is 38.1 Å². The minimum absolute atomic E-state index is 0.120. The van der Waals surface area contributed by atoms with E-state index in [0.29, 0.717) is 31.8 Å². The van der Waals surface area contributed by atoms with Crippen LogP contribution in [-0.4, -0.2) is 40.9 Å². The third-order valence-corrected chi connectivity index (χ3v) is 5.18. The van der Waals surface area contributed by atoms with Crippen LogP contribution in [-0.2, 0) is 4.79 Å². The van der Waals surface area contributed by atoms with Crippen LogP contribution in [0, 0.1) is 5.92 Å². The first-order chi connectivity index (χ1) is 10.9. The number of rotatable bonds is 6. The molecule has 23 heavy (non-hydrogen) atoms. The summed E-state index contributed by atoms with van der Waals surface area (Å²) >= 11 is 0. The summed E-state index contributed by atoms with van der Waals surface area (Å²) in [6, 6.07) is 7.74. The van der Waals surface area contributed by atoms with Crippen LogP contribution >= 0.6 is 0 Å². The number of carbonyl (C=O) groups is 2. The average molecular weight is 317 g/mol. The summed E-state index contributed by atoms with van der Waals surface area (Å²) in [5.74, 6) is -0.353. The molecule has 1 saturated heterocycles. The highest BCUT2D eigenvalue weighted by molar-refractivity contribution is 5.99. The van der Waals surface area contributed by atoms with Crippen molar-refractivity contribution in [2.24, 2.45) is 5.92 Å². The van der Waals surface area contributed by atoms with Crippen molar-refractivity contribution in [2.45, 2.75) is 52.0 Å². The van der Waals surface area contributed by atoms with Gasteiger partial charge < -0.3 is 5.11 Å². The number of nitrogens with zero attached hydrogens (tertiary/aromatic N) is 1. The Hall–Kier alpha value is -1.68. The van der Waals surface area contributed by atoms with Crippen molar-refractivity contribution < 1.29 is 14.7 Å². The second-order valence-electron chi connectivity index (χ2n) is 6.62. The summed E-state index contributed by atoms with van der Waals surface area (Å²) in [6.07, 6.45) is 2.34. The lowest BCUT2D eigenvalue weighted by molar-refractivity contribution is -0.143. The Morgan fingerprint density at radius 2 is 1.74 bits per heavy atom. The molecule has 0 amide bonds. The molecule has 2 unspecified atom stereocenters. The standard InChI is InChI=1S/C19H27NO3/c1-4-13(2)15-5-7-16(8-6-15)18(21)14(3)20-11-9-17(10-12-20)19(22)23/h5-8,13-14,17H,4,9-12H2,1-3H3,(H,22,23). The van der Waals surface area contributed by atoms with Crippen molar-refractivity contribution in [2.75, 3.05) is 13.1 Å². The molecule has 126 valence electrons. The number of hydrogen-bond acceptors (Lipinski definition) is 3. The Bertz CT molecular complexity index is 544. The smallest absolute Gasteiger partial charge is 0.306 e. The van der Waals surface area contributed by atoms with Gasteiger partial charge in [0.2, 0.25) is 0 Å². The molecule has 1 heterocycles. The third kappa shape index (κ3) is 4.20. The van der Waals surface area contributed by atoms with Gasteiger partial charge in [0.25, 0.3) is 0 Å². The Morgan fingerprint density at radius 1 is 1.17 bits per heavy atom. The van der Waals surface area contributed by atoms with Gasteiger partial charge in [0.05, 0.1) is 12.0 Å². The SMILES string of the molecule is CCC(C)c1ccc(C(=O)C(C)N2CCC(C(=O)O)CC2)cc1. The highest BCUT2D eigenvalue weighted by Crippen LogP contribution is 2.22. The van der Waals surface area contributed by atoms with Gasteiger partial charge in [-0.2, -0.15) is 0 Å². The molecular formula is C19H27NO3. The average Bonchev–Trinajstić information content (AvgIpc) is 2.60. The zero-order chi connectivity index (χ0) is 17.0. The summed E-state index contributed by atoms with van der Waals surface area (Å²) in [7, 11) is 0. The van der Waals surface area contributed by atoms with Crippen LogP contribution in [0.4, 0.5) is 0 Å². The van der Waals surface area contributed by atoms with Crippen LogP contribution in [0.25, 0.3) is 0 Å². The highest BCUT2D eigenvalue weighted by atomic mass is 16.4. The van der Waals surface area contributed by atoms with Crippen LogP contribution in [0.2, 0.25) is 0 Å². The zero-order valence-electron chi connectivity index (χ0n) is 14.3. The predicted octanol–water partition coefficient (Wildman–Crippen LogP) is 3.57. The van der Waals surface area contributed by atoms with E-state index in [4.69, 9.17) is 5.11 Å². The fourth-order valence-electron chi connectivity index (χ4n) is 3.15. The summed E-state index contributed by atoms with van der Waals surface area (Å²) in [5, 5.41) is 9.06. The monoisotopic (exact) mass is 317 g/mol. The molecule has 1 aromatic carbocycles. The van der Waals surface area contributed by atoms with E-state index in [9.17, 15) is 9.59 Å². The van der Waals surface area contributed by atoms with Crippen LogP contribution in [0.5, 0.6) is 0 Å². The molecule has 0 aliphatic carbocycles.